The van der Waals surface area contributed by atoms with E-state index in [0.717, 1.165) is 17.4 Å². The van der Waals surface area contributed by atoms with Crippen molar-refractivity contribution in [1.29, 1.82) is 0 Å². The maximum Gasteiger partial charge on any atom is 0.271 e. The molecule has 0 bridgehead atoms. The zero-order valence-corrected chi connectivity index (χ0v) is 13.2. The summed E-state index contributed by atoms with van der Waals surface area (Å²) in [6, 6.07) is 1.83. The molecule has 0 radical (unpaired) electrons. The van der Waals surface area contributed by atoms with Crippen molar-refractivity contribution in [3.05, 3.63) is 44.5 Å². The topological polar surface area (TPSA) is 46.2 Å². The summed E-state index contributed by atoms with van der Waals surface area (Å²) < 4.78 is 65.1. The second kappa shape index (κ2) is 5.55. The number of thiophene rings is 1. The second-order valence-electron chi connectivity index (χ2n) is 3.54. The fourth-order valence-corrected chi connectivity index (χ4v) is 4.71. The van der Waals surface area contributed by atoms with E-state index in [2.05, 4.69) is 15.9 Å². The maximum atomic E-state index is 13.4. The molecule has 0 saturated heterocycles. The predicted molar refractivity (Wildman–Crippen MR) is 74.2 cm³/mol. The van der Waals surface area contributed by atoms with Gasteiger partial charge in [-0.25, -0.2) is 21.6 Å². The van der Waals surface area contributed by atoms with Crippen LogP contribution in [-0.4, -0.2) is 8.42 Å². The Kier molecular flexibility index (Phi) is 4.33. The van der Waals surface area contributed by atoms with Crippen molar-refractivity contribution in [2.24, 2.45) is 0 Å². The highest BCUT2D eigenvalue weighted by Gasteiger charge is 2.21. The molecule has 0 atom stereocenters. The van der Waals surface area contributed by atoms with Crippen LogP contribution in [0.25, 0.3) is 0 Å². The van der Waals surface area contributed by atoms with Crippen LogP contribution in [0.15, 0.2) is 26.2 Å². The number of benzene rings is 1. The molecule has 2 aromatic rings. The molecule has 0 unspecified atom stereocenters. The van der Waals surface area contributed by atoms with Gasteiger partial charge in [-0.15, -0.1) is 11.3 Å². The first-order valence-electron chi connectivity index (χ1n) is 4.83. The molecule has 0 saturated carbocycles. The Hall–Kier alpha value is -0.770. The monoisotopic (exact) mass is 405 g/mol. The zero-order chi connectivity index (χ0) is 15.1. The van der Waals surface area contributed by atoms with Gasteiger partial charge in [0.25, 0.3) is 10.0 Å². The van der Waals surface area contributed by atoms with Crippen LogP contribution in [0, 0.1) is 17.5 Å². The summed E-state index contributed by atoms with van der Waals surface area (Å²) in [4.78, 5) is 0. The fourth-order valence-electron chi connectivity index (χ4n) is 1.25. The molecule has 1 N–H and O–H groups in total. The summed E-state index contributed by atoms with van der Waals surface area (Å²) in [5, 5.41) is 0.168. The van der Waals surface area contributed by atoms with Gasteiger partial charge in [0, 0.05) is 12.1 Å². The number of halogens is 5. The molecule has 0 aliphatic rings. The average molecular weight is 407 g/mol. The number of sulfonamides is 1. The van der Waals surface area contributed by atoms with Gasteiger partial charge < -0.3 is 0 Å². The quantitative estimate of drug-likeness (QED) is 0.769. The van der Waals surface area contributed by atoms with Gasteiger partial charge in [0.05, 0.1) is 14.5 Å². The third-order valence-corrected chi connectivity index (χ3v) is 6.46. The minimum Gasteiger partial charge on any atom is -0.276 e. The molecule has 108 valence electrons. The Labute approximate surface area is 129 Å². The lowest BCUT2D eigenvalue weighted by Crippen LogP contribution is -2.13. The zero-order valence-electron chi connectivity index (χ0n) is 9.25. The van der Waals surface area contributed by atoms with E-state index in [0.29, 0.717) is 9.85 Å². The second-order valence-corrected chi connectivity index (χ2v) is 8.23. The van der Waals surface area contributed by atoms with Gasteiger partial charge in [-0.2, -0.15) is 0 Å². The van der Waals surface area contributed by atoms with E-state index in [1.807, 2.05) is 4.72 Å². The van der Waals surface area contributed by atoms with Crippen molar-refractivity contribution in [2.75, 3.05) is 4.72 Å². The lowest BCUT2D eigenvalue weighted by molar-refractivity contribution is 0.496. The highest BCUT2D eigenvalue weighted by Crippen LogP contribution is 2.35. The van der Waals surface area contributed by atoms with E-state index in [-0.39, 0.29) is 15.3 Å². The van der Waals surface area contributed by atoms with E-state index >= 15 is 0 Å². The molecule has 1 aromatic heterocycles. The lowest BCUT2D eigenvalue weighted by atomic mass is 10.3. The van der Waals surface area contributed by atoms with Crippen molar-refractivity contribution in [3.63, 3.8) is 0 Å². The molecule has 2 rings (SSSR count). The summed E-state index contributed by atoms with van der Waals surface area (Å²) in [6.07, 6.45) is 0. The largest absolute Gasteiger partial charge is 0.276 e. The third kappa shape index (κ3) is 3.11. The molecule has 10 heteroatoms. The predicted octanol–water partition coefficient (Wildman–Crippen LogP) is 4.38. The Bertz CT molecular complexity index is 760. The Morgan fingerprint density at radius 2 is 1.70 bits per heavy atom. The fraction of sp³-hybridized carbons (Fsp3) is 0. The minimum absolute atomic E-state index is 0.168. The Morgan fingerprint density at radius 3 is 2.25 bits per heavy atom. The van der Waals surface area contributed by atoms with Crippen LogP contribution >= 0.6 is 38.9 Å². The molecule has 0 spiro atoms. The van der Waals surface area contributed by atoms with E-state index in [1.54, 1.807) is 0 Å². The molecular formula is C10H4BrClF3NO2S2. The number of hydrogen-bond donors (Lipinski definition) is 1. The molecule has 20 heavy (non-hydrogen) atoms. The van der Waals surface area contributed by atoms with Gasteiger partial charge in [-0.3, -0.25) is 4.72 Å². The van der Waals surface area contributed by atoms with Crippen molar-refractivity contribution in [1.82, 2.24) is 0 Å². The number of hydrogen-bond acceptors (Lipinski definition) is 3. The van der Waals surface area contributed by atoms with Crippen molar-refractivity contribution >= 4 is 54.6 Å². The van der Waals surface area contributed by atoms with Gasteiger partial charge >= 0.3 is 0 Å². The normalized spacial score (nSPS) is 11.7. The van der Waals surface area contributed by atoms with E-state index in [9.17, 15) is 21.6 Å². The molecule has 3 nitrogen and oxygen atoms in total. The van der Waals surface area contributed by atoms with Crippen LogP contribution in [0.1, 0.15) is 0 Å². The highest BCUT2D eigenvalue weighted by atomic mass is 79.9. The van der Waals surface area contributed by atoms with Crippen LogP contribution in [0.3, 0.4) is 0 Å². The molecule has 0 aliphatic carbocycles. The SMILES string of the molecule is O=S(=O)(Nc1cc(F)c(F)cc1F)c1cc(Cl)c(Br)s1. The summed E-state index contributed by atoms with van der Waals surface area (Å²) in [5.41, 5.74) is -0.690. The van der Waals surface area contributed by atoms with Crippen LogP contribution in [-0.2, 0) is 10.0 Å². The van der Waals surface area contributed by atoms with Gasteiger partial charge in [0.1, 0.15) is 10.0 Å². The molecule has 1 heterocycles. The first-order chi connectivity index (χ1) is 9.20. The van der Waals surface area contributed by atoms with Crippen LogP contribution in [0.5, 0.6) is 0 Å². The van der Waals surface area contributed by atoms with Crippen molar-refractivity contribution in [3.8, 4) is 0 Å². The standard InChI is InChI=1S/C10H4BrClF3NO2S2/c11-10-4(12)1-9(19-10)20(17,18)16-8-3-6(14)5(13)2-7(8)15/h1-3,16H. The number of nitrogens with one attached hydrogen (secondary N) is 1. The van der Waals surface area contributed by atoms with Crippen molar-refractivity contribution in [2.45, 2.75) is 4.21 Å². The van der Waals surface area contributed by atoms with E-state index in [1.165, 1.54) is 0 Å². The van der Waals surface area contributed by atoms with Crippen LogP contribution in [0.4, 0.5) is 18.9 Å². The van der Waals surface area contributed by atoms with Gasteiger partial charge in [0.2, 0.25) is 0 Å². The molecule has 0 aliphatic heterocycles. The highest BCUT2D eigenvalue weighted by molar-refractivity contribution is 9.11. The minimum atomic E-state index is -4.14. The number of anilines is 1. The summed E-state index contributed by atoms with van der Waals surface area (Å²) >= 11 is 9.54. The summed E-state index contributed by atoms with van der Waals surface area (Å²) in [6.45, 7) is 0. The Morgan fingerprint density at radius 1 is 1.10 bits per heavy atom. The lowest BCUT2D eigenvalue weighted by Gasteiger charge is -2.07. The molecule has 1 aromatic carbocycles. The number of rotatable bonds is 3. The van der Waals surface area contributed by atoms with Gasteiger partial charge in [-0.05, 0) is 22.0 Å². The smallest absolute Gasteiger partial charge is 0.271 e. The first kappa shape index (κ1) is 15.6. The van der Waals surface area contributed by atoms with E-state index < -0.39 is 33.2 Å². The summed E-state index contributed by atoms with van der Waals surface area (Å²) in [7, 11) is -4.14. The first-order valence-corrected chi connectivity index (χ1v) is 8.30. The average Bonchev–Trinajstić information content (AvgIpc) is 2.67. The van der Waals surface area contributed by atoms with Crippen molar-refractivity contribution < 1.29 is 21.6 Å². The van der Waals surface area contributed by atoms with Crippen LogP contribution in [0.2, 0.25) is 5.02 Å². The summed E-state index contributed by atoms with van der Waals surface area (Å²) in [5.74, 6) is -4.00. The molecule has 0 amide bonds. The molecule has 0 fully saturated rings. The van der Waals surface area contributed by atoms with Gasteiger partial charge in [0.15, 0.2) is 11.6 Å². The van der Waals surface area contributed by atoms with Crippen LogP contribution < -0.4 is 4.72 Å². The van der Waals surface area contributed by atoms with E-state index in [4.69, 9.17) is 11.6 Å². The van der Waals surface area contributed by atoms with Gasteiger partial charge in [-0.1, -0.05) is 11.6 Å². The molecular weight excluding hydrogens is 403 g/mol. The maximum absolute atomic E-state index is 13.4. The third-order valence-electron chi connectivity index (χ3n) is 2.14. The Balaban J connectivity index is 2.40.